The summed E-state index contributed by atoms with van der Waals surface area (Å²) in [7, 11) is -1.08. The number of imide groups is 1. The van der Waals surface area contributed by atoms with Gasteiger partial charge in [0.2, 0.25) is 5.13 Å². The van der Waals surface area contributed by atoms with Crippen molar-refractivity contribution in [3.8, 4) is 11.5 Å². The number of amides is 2. The number of hydrogen-bond donors (Lipinski definition) is 1. The molecule has 0 bridgehead atoms. The number of benzene rings is 2. The Morgan fingerprint density at radius 1 is 0.969 bits per heavy atom. The molecule has 2 aromatic carbocycles. The van der Waals surface area contributed by atoms with E-state index in [0.717, 1.165) is 16.2 Å². The van der Waals surface area contributed by atoms with Crippen molar-refractivity contribution >= 4 is 38.3 Å². The molecule has 0 saturated carbocycles. The van der Waals surface area contributed by atoms with E-state index in [-0.39, 0.29) is 40.6 Å². The summed E-state index contributed by atoms with van der Waals surface area (Å²) in [5.41, 5.74) is 0.747. The monoisotopic (exact) mass is 474 g/mol. The number of anilines is 1. The number of methoxy groups -OCH3 is 2. The lowest BCUT2D eigenvalue weighted by molar-refractivity contribution is 0.0656. The molecule has 0 radical (unpaired) electrons. The van der Waals surface area contributed by atoms with E-state index in [0.29, 0.717) is 21.9 Å². The molecule has 0 spiro atoms. The molecule has 3 aromatic rings. The molecule has 1 aromatic heterocycles. The molecule has 0 aliphatic carbocycles. The fourth-order valence-electron chi connectivity index (χ4n) is 3.20. The van der Waals surface area contributed by atoms with Crippen molar-refractivity contribution < 1.29 is 27.5 Å². The highest BCUT2D eigenvalue weighted by molar-refractivity contribution is 7.93. The van der Waals surface area contributed by atoms with Gasteiger partial charge in [-0.25, -0.2) is 8.42 Å². The van der Waals surface area contributed by atoms with Gasteiger partial charge in [-0.1, -0.05) is 23.5 Å². The summed E-state index contributed by atoms with van der Waals surface area (Å²) < 4.78 is 38.0. The van der Waals surface area contributed by atoms with Crippen molar-refractivity contribution in [3.05, 3.63) is 58.6 Å². The SMILES string of the molecule is COc1ccc(S(=O)(=O)Nc2nnc(CCN3C(=O)c4ccccc4C3=O)s2)cc1OC. The van der Waals surface area contributed by atoms with Gasteiger partial charge in [0.25, 0.3) is 21.8 Å². The number of carbonyl (C=O) groups is 2. The van der Waals surface area contributed by atoms with E-state index in [1.165, 1.54) is 32.4 Å². The zero-order valence-electron chi connectivity index (χ0n) is 17.1. The van der Waals surface area contributed by atoms with Crippen LogP contribution in [-0.2, 0) is 16.4 Å². The predicted molar refractivity (Wildman–Crippen MR) is 116 cm³/mol. The Morgan fingerprint density at radius 3 is 2.25 bits per heavy atom. The standard InChI is InChI=1S/C20H18N4O6S2/c1-29-15-8-7-12(11-16(15)30-2)32(27,28)23-20-22-21-17(31-20)9-10-24-18(25)13-5-3-4-6-14(13)19(24)26/h3-8,11H,9-10H2,1-2H3,(H,22,23). The third-order valence-corrected chi connectivity index (χ3v) is 7.15. The lowest BCUT2D eigenvalue weighted by atomic mass is 10.1. The largest absolute Gasteiger partial charge is 0.493 e. The first-order chi connectivity index (χ1) is 15.3. The number of nitrogens with zero attached hydrogens (tertiary/aromatic N) is 3. The molecule has 0 saturated heterocycles. The summed E-state index contributed by atoms with van der Waals surface area (Å²) in [4.78, 5) is 26.0. The van der Waals surface area contributed by atoms with E-state index >= 15 is 0 Å². The van der Waals surface area contributed by atoms with Crippen LogP contribution in [0.15, 0.2) is 47.4 Å². The smallest absolute Gasteiger partial charge is 0.263 e. The second-order valence-corrected chi connectivity index (χ2v) is 9.43. The molecule has 0 unspecified atom stereocenters. The van der Waals surface area contributed by atoms with Crippen molar-refractivity contribution in [2.45, 2.75) is 11.3 Å². The molecular formula is C20H18N4O6S2. The summed E-state index contributed by atoms with van der Waals surface area (Å²) in [6.45, 7) is 0.114. The van der Waals surface area contributed by atoms with Crippen molar-refractivity contribution in [3.63, 3.8) is 0 Å². The van der Waals surface area contributed by atoms with Crippen LogP contribution in [0.4, 0.5) is 5.13 Å². The lowest BCUT2D eigenvalue weighted by Gasteiger charge is -2.12. The molecule has 1 aliphatic heterocycles. The van der Waals surface area contributed by atoms with Crippen LogP contribution in [0.5, 0.6) is 11.5 Å². The second-order valence-electron chi connectivity index (χ2n) is 6.68. The number of hydrogen-bond acceptors (Lipinski definition) is 9. The zero-order chi connectivity index (χ0) is 22.9. The van der Waals surface area contributed by atoms with Crippen LogP contribution in [-0.4, -0.2) is 56.1 Å². The zero-order valence-corrected chi connectivity index (χ0v) is 18.7. The molecular weight excluding hydrogens is 456 g/mol. The van der Waals surface area contributed by atoms with Gasteiger partial charge in [0, 0.05) is 19.0 Å². The first-order valence-electron chi connectivity index (χ1n) is 9.36. The Morgan fingerprint density at radius 2 is 1.62 bits per heavy atom. The molecule has 2 heterocycles. The fourth-order valence-corrected chi connectivity index (χ4v) is 5.18. The normalized spacial score (nSPS) is 13.2. The van der Waals surface area contributed by atoms with Gasteiger partial charge in [-0.2, -0.15) is 0 Å². The highest BCUT2D eigenvalue weighted by Crippen LogP contribution is 2.30. The maximum absolute atomic E-state index is 12.7. The predicted octanol–water partition coefficient (Wildman–Crippen LogP) is 2.19. The van der Waals surface area contributed by atoms with E-state index in [4.69, 9.17) is 9.47 Å². The average molecular weight is 475 g/mol. The van der Waals surface area contributed by atoms with E-state index in [1.807, 2.05) is 0 Å². The highest BCUT2D eigenvalue weighted by Gasteiger charge is 2.34. The first-order valence-corrected chi connectivity index (χ1v) is 11.7. The highest BCUT2D eigenvalue weighted by atomic mass is 32.2. The molecule has 12 heteroatoms. The minimum Gasteiger partial charge on any atom is -0.493 e. The van der Waals surface area contributed by atoms with Crippen molar-refractivity contribution in [1.82, 2.24) is 15.1 Å². The number of aromatic nitrogens is 2. The van der Waals surface area contributed by atoms with Gasteiger partial charge in [0.15, 0.2) is 11.5 Å². The molecule has 1 aliphatic rings. The Balaban J connectivity index is 1.43. The number of carbonyl (C=O) groups excluding carboxylic acids is 2. The van der Waals surface area contributed by atoms with E-state index in [2.05, 4.69) is 14.9 Å². The quantitative estimate of drug-likeness (QED) is 0.492. The van der Waals surface area contributed by atoms with Crippen LogP contribution in [0.25, 0.3) is 0 Å². The summed E-state index contributed by atoms with van der Waals surface area (Å²) >= 11 is 1.02. The number of ether oxygens (including phenoxy) is 2. The Kier molecular flexibility index (Phi) is 5.80. The first kappa shape index (κ1) is 21.7. The third kappa shape index (κ3) is 4.01. The van der Waals surface area contributed by atoms with Crippen LogP contribution >= 0.6 is 11.3 Å². The molecule has 0 fully saturated rings. The molecule has 0 atom stereocenters. The Bertz CT molecular complexity index is 1270. The molecule has 32 heavy (non-hydrogen) atoms. The molecule has 2 amide bonds. The maximum atomic E-state index is 12.7. The van der Waals surface area contributed by atoms with Gasteiger partial charge in [0.1, 0.15) is 5.01 Å². The van der Waals surface area contributed by atoms with E-state index in [9.17, 15) is 18.0 Å². The topological polar surface area (TPSA) is 128 Å². The van der Waals surface area contributed by atoms with Crippen molar-refractivity contribution in [2.24, 2.45) is 0 Å². The van der Waals surface area contributed by atoms with Crippen LogP contribution in [0.3, 0.4) is 0 Å². The minimum absolute atomic E-state index is 0.0297. The summed E-state index contributed by atoms with van der Waals surface area (Å²) in [6.07, 6.45) is 0.251. The number of nitrogens with one attached hydrogen (secondary N) is 1. The van der Waals surface area contributed by atoms with Gasteiger partial charge in [-0.3, -0.25) is 19.2 Å². The number of rotatable bonds is 8. The maximum Gasteiger partial charge on any atom is 0.263 e. The average Bonchev–Trinajstić information content (AvgIpc) is 3.33. The molecule has 166 valence electrons. The third-order valence-electron chi connectivity index (χ3n) is 4.78. The fraction of sp³-hybridized carbons (Fsp3) is 0.200. The van der Waals surface area contributed by atoms with E-state index in [1.54, 1.807) is 24.3 Å². The van der Waals surface area contributed by atoms with Gasteiger partial charge < -0.3 is 9.47 Å². The Labute approximate surface area is 187 Å². The summed E-state index contributed by atoms with van der Waals surface area (Å²) in [5, 5.41) is 8.37. The minimum atomic E-state index is -3.94. The second kappa shape index (κ2) is 8.55. The number of sulfonamides is 1. The van der Waals surface area contributed by atoms with Crippen molar-refractivity contribution in [1.29, 1.82) is 0 Å². The molecule has 4 rings (SSSR count). The van der Waals surface area contributed by atoms with Gasteiger partial charge >= 0.3 is 0 Å². The summed E-state index contributed by atoms with van der Waals surface area (Å²) in [5.74, 6) is -0.0407. The van der Waals surface area contributed by atoms with Gasteiger partial charge in [-0.05, 0) is 24.3 Å². The lowest BCUT2D eigenvalue weighted by Crippen LogP contribution is -2.31. The Hall–Kier alpha value is -3.51. The summed E-state index contributed by atoms with van der Waals surface area (Å²) in [6, 6.07) is 10.8. The number of fused-ring (bicyclic) bond motifs is 1. The molecule has 10 nitrogen and oxygen atoms in total. The molecule has 1 N–H and O–H groups in total. The van der Waals surface area contributed by atoms with E-state index < -0.39 is 10.0 Å². The van der Waals surface area contributed by atoms with Crippen LogP contribution in [0.1, 0.15) is 25.7 Å². The van der Waals surface area contributed by atoms with Crippen LogP contribution in [0.2, 0.25) is 0 Å². The van der Waals surface area contributed by atoms with Crippen molar-refractivity contribution in [2.75, 3.05) is 25.5 Å². The van der Waals surface area contributed by atoms with Crippen LogP contribution < -0.4 is 14.2 Å². The van der Waals surface area contributed by atoms with Gasteiger partial charge in [-0.15, -0.1) is 10.2 Å². The van der Waals surface area contributed by atoms with Gasteiger partial charge in [0.05, 0.1) is 30.2 Å². The van der Waals surface area contributed by atoms with Crippen LogP contribution in [0, 0.1) is 0 Å².